The lowest BCUT2D eigenvalue weighted by atomic mass is 10.2. The lowest BCUT2D eigenvalue weighted by molar-refractivity contribution is 0.102. The van der Waals surface area contributed by atoms with Gasteiger partial charge in [0.25, 0.3) is 5.91 Å². The summed E-state index contributed by atoms with van der Waals surface area (Å²) in [4.78, 5) is 14.8. The number of benzene rings is 2. The Morgan fingerprint density at radius 2 is 2.04 bits per heavy atom. The highest BCUT2D eigenvalue weighted by atomic mass is 79.9. The second-order valence-electron chi connectivity index (χ2n) is 6.10. The van der Waals surface area contributed by atoms with Crippen LogP contribution in [-0.2, 0) is 4.74 Å². The minimum absolute atomic E-state index is 0.155. The number of nitrogens with one attached hydrogen (secondary N) is 1. The molecule has 0 unspecified atom stereocenters. The maximum atomic E-state index is 12.5. The van der Waals surface area contributed by atoms with Crippen LogP contribution >= 0.6 is 15.9 Å². The summed E-state index contributed by atoms with van der Waals surface area (Å²) in [7, 11) is 0. The summed E-state index contributed by atoms with van der Waals surface area (Å²) in [6.45, 7) is 5.91. The minimum atomic E-state index is -0.155. The molecule has 1 fully saturated rings. The minimum Gasteiger partial charge on any atom is -0.494 e. The first-order valence-corrected chi connectivity index (χ1v) is 9.63. The van der Waals surface area contributed by atoms with Gasteiger partial charge in [0.05, 0.1) is 25.5 Å². The van der Waals surface area contributed by atoms with Crippen molar-refractivity contribution in [1.29, 1.82) is 0 Å². The van der Waals surface area contributed by atoms with Gasteiger partial charge >= 0.3 is 0 Å². The third kappa shape index (κ3) is 4.77. The van der Waals surface area contributed by atoms with E-state index in [4.69, 9.17) is 9.47 Å². The zero-order valence-electron chi connectivity index (χ0n) is 14.8. The van der Waals surface area contributed by atoms with Gasteiger partial charge in [-0.25, -0.2) is 0 Å². The largest absolute Gasteiger partial charge is 0.494 e. The molecule has 0 aromatic heterocycles. The van der Waals surface area contributed by atoms with Gasteiger partial charge in [0.2, 0.25) is 0 Å². The molecule has 26 heavy (non-hydrogen) atoms. The molecule has 1 heterocycles. The average Bonchev–Trinajstić information content (AvgIpc) is 2.67. The van der Waals surface area contributed by atoms with Crippen molar-refractivity contribution in [3.05, 3.63) is 52.5 Å². The number of carbonyl (C=O) groups is 1. The predicted molar refractivity (Wildman–Crippen MR) is 107 cm³/mol. The number of halogens is 1. The number of nitrogens with zero attached hydrogens (tertiary/aromatic N) is 1. The first-order valence-electron chi connectivity index (χ1n) is 8.84. The van der Waals surface area contributed by atoms with Gasteiger partial charge in [-0.05, 0) is 58.7 Å². The van der Waals surface area contributed by atoms with Crippen LogP contribution < -0.4 is 15.0 Å². The Hall–Kier alpha value is -2.05. The highest BCUT2D eigenvalue weighted by molar-refractivity contribution is 9.10. The fourth-order valence-electron chi connectivity index (χ4n) is 2.80. The molecule has 0 saturated carbocycles. The maximum Gasteiger partial charge on any atom is 0.255 e. The molecule has 2 aromatic carbocycles. The standard InChI is InChI=1S/C20H23BrN2O3/c1-2-10-26-17-5-3-4-15(13-17)20(24)22-16-6-7-19(18(21)14-16)23-8-11-25-12-9-23/h3-7,13-14H,2,8-12H2,1H3,(H,22,24). The highest BCUT2D eigenvalue weighted by Gasteiger charge is 2.15. The van der Waals surface area contributed by atoms with E-state index in [9.17, 15) is 4.79 Å². The highest BCUT2D eigenvalue weighted by Crippen LogP contribution is 2.30. The lowest BCUT2D eigenvalue weighted by Crippen LogP contribution is -2.36. The summed E-state index contributed by atoms with van der Waals surface area (Å²) in [6.07, 6.45) is 0.930. The molecular weight excluding hydrogens is 396 g/mol. The summed E-state index contributed by atoms with van der Waals surface area (Å²) in [5.41, 5.74) is 2.44. The van der Waals surface area contributed by atoms with Gasteiger partial charge in [-0.1, -0.05) is 13.0 Å². The first-order chi connectivity index (χ1) is 12.7. The van der Waals surface area contributed by atoms with Crippen molar-refractivity contribution in [1.82, 2.24) is 0 Å². The van der Waals surface area contributed by atoms with Crippen LogP contribution in [0.1, 0.15) is 23.7 Å². The van der Waals surface area contributed by atoms with Crippen LogP contribution in [0, 0.1) is 0 Å². The second kappa shape index (κ2) is 9.05. The van der Waals surface area contributed by atoms with Crippen molar-refractivity contribution in [2.45, 2.75) is 13.3 Å². The van der Waals surface area contributed by atoms with Gasteiger partial charge in [0.15, 0.2) is 0 Å². The molecule has 2 aromatic rings. The maximum absolute atomic E-state index is 12.5. The average molecular weight is 419 g/mol. The zero-order valence-corrected chi connectivity index (χ0v) is 16.4. The first kappa shape index (κ1) is 18.7. The Balaban J connectivity index is 1.68. The number of amides is 1. The van der Waals surface area contributed by atoms with Crippen LogP contribution in [0.25, 0.3) is 0 Å². The summed E-state index contributed by atoms with van der Waals surface area (Å²) >= 11 is 3.62. The van der Waals surface area contributed by atoms with Gasteiger partial charge < -0.3 is 19.7 Å². The van der Waals surface area contributed by atoms with Crippen LogP contribution in [0.3, 0.4) is 0 Å². The number of hydrogen-bond acceptors (Lipinski definition) is 4. The van der Waals surface area contributed by atoms with Gasteiger partial charge in [-0.15, -0.1) is 0 Å². The second-order valence-corrected chi connectivity index (χ2v) is 6.95. The molecule has 0 aliphatic carbocycles. The Morgan fingerprint density at radius 3 is 2.77 bits per heavy atom. The van der Waals surface area contributed by atoms with Crippen molar-refractivity contribution in [2.24, 2.45) is 0 Å². The quantitative estimate of drug-likeness (QED) is 0.758. The monoisotopic (exact) mass is 418 g/mol. The van der Waals surface area contributed by atoms with E-state index in [1.165, 1.54) is 0 Å². The van der Waals surface area contributed by atoms with Crippen molar-refractivity contribution in [2.75, 3.05) is 43.1 Å². The van der Waals surface area contributed by atoms with Crippen LogP contribution in [0.5, 0.6) is 5.75 Å². The van der Waals surface area contributed by atoms with Crippen LogP contribution in [0.2, 0.25) is 0 Å². The lowest BCUT2D eigenvalue weighted by Gasteiger charge is -2.29. The fourth-order valence-corrected chi connectivity index (χ4v) is 3.43. The van der Waals surface area contributed by atoms with Gasteiger partial charge in [0, 0.05) is 28.8 Å². The molecular formula is C20H23BrN2O3. The Bertz CT molecular complexity index is 760. The molecule has 3 rings (SSSR count). The van der Waals surface area contributed by atoms with E-state index in [0.29, 0.717) is 17.9 Å². The number of hydrogen-bond donors (Lipinski definition) is 1. The normalized spacial score (nSPS) is 14.2. The van der Waals surface area contributed by atoms with E-state index in [1.54, 1.807) is 12.1 Å². The van der Waals surface area contributed by atoms with Gasteiger partial charge in [-0.3, -0.25) is 4.79 Å². The summed E-state index contributed by atoms with van der Waals surface area (Å²) in [6, 6.07) is 13.1. The third-order valence-corrected chi connectivity index (χ3v) is 4.76. The summed E-state index contributed by atoms with van der Waals surface area (Å²) in [5.74, 6) is 0.557. The van der Waals surface area contributed by atoms with E-state index in [2.05, 4.69) is 33.1 Å². The van der Waals surface area contributed by atoms with Crippen molar-refractivity contribution >= 4 is 33.2 Å². The van der Waals surface area contributed by atoms with E-state index in [0.717, 1.165) is 48.6 Å². The molecule has 0 radical (unpaired) electrons. The Morgan fingerprint density at radius 1 is 1.23 bits per heavy atom. The topological polar surface area (TPSA) is 50.8 Å². The molecule has 138 valence electrons. The molecule has 1 aliphatic rings. The van der Waals surface area contributed by atoms with E-state index < -0.39 is 0 Å². The number of morpholine rings is 1. The summed E-state index contributed by atoms with van der Waals surface area (Å²) < 4.78 is 11.9. The molecule has 1 N–H and O–H groups in total. The van der Waals surface area contributed by atoms with Crippen molar-refractivity contribution in [3.63, 3.8) is 0 Å². The van der Waals surface area contributed by atoms with Crippen LogP contribution in [-0.4, -0.2) is 38.8 Å². The smallest absolute Gasteiger partial charge is 0.255 e. The number of rotatable bonds is 6. The van der Waals surface area contributed by atoms with Gasteiger partial charge in [0.1, 0.15) is 5.75 Å². The van der Waals surface area contributed by atoms with E-state index >= 15 is 0 Å². The Labute approximate surface area is 162 Å². The Kier molecular flexibility index (Phi) is 6.52. The molecule has 6 heteroatoms. The third-order valence-electron chi connectivity index (χ3n) is 4.13. The SMILES string of the molecule is CCCOc1cccc(C(=O)Nc2ccc(N3CCOCC3)c(Br)c2)c1. The number of anilines is 2. The fraction of sp³-hybridized carbons (Fsp3) is 0.350. The number of ether oxygens (including phenoxy) is 2. The van der Waals surface area contributed by atoms with Crippen LogP contribution in [0.4, 0.5) is 11.4 Å². The molecule has 0 atom stereocenters. The molecule has 1 saturated heterocycles. The van der Waals surface area contributed by atoms with Gasteiger partial charge in [-0.2, -0.15) is 0 Å². The molecule has 1 amide bonds. The molecule has 1 aliphatic heterocycles. The van der Waals surface area contributed by atoms with E-state index in [-0.39, 0.29) is 5.91 Å². The number of carbonyl (C=O) groups excluding carboxylic acids is 1. The van der Waals surface area contributed by atoms with E-state index in [1.807, 2.05) is 30.3 Å². The van der Waals surface area contributed by atoms with Crippen molar-refractivity contribution < 1.29 is 14.3 Å². The van der Waals surface area contributed by atoms with Crippen molar-refractivity contribution in [3.8, 4) is 5.75 Å². The molecule has 5 nitrogen and oxygen atoms in total. The predicted octanol–water partition coefficient (Wildman–Crippen LogP) is 4.33. The zero-order chi connectivity index (χ0) is 18.4. The molecule has 0 spiro atoms. The summed E-state index contributed by atoms with van der Waals surface area (Å²) in [5, 5.41) is 2.94. The molecule has 0 bridgehead atoms. The van der Waals surface area contributed by atoms with Crippen LogP contribution in [0.15, 0.2) is 46.9 Å².